The van der Waals surface area contributed by atoms with E-state index in [-0.39, 0.29) is 5.56 Å². The van der Waals surface area contributed by atoms with Crippen LogP contribution in [-0.2, 0) is 11.2 Å². The molecule has 2 rings (SSSR count). The molecule has 0 aromatic heterocycles. The summed E-state index contributed by atoms with van der Waals surface area (Å²) in [5.41, 5.74) is 1.10. The second-order valence-electron chi connectivity index (χ2n) is 4.37. The van der Waals surface area contributed by atoms with Gasteiger partial charge in [-0.05, 0) is 24.1 Å². The summed E-state index contributed by atoms with van der Waals surface area (Å²) >= 11 is 0. The van der Waals surface area contributed by atoms with Crippen LogP contribution in [0.25, 0.3) is 0 Å². The van der Waals surface area contributed by atoms with Crippen molar-refractivity contribution in [2.75, 3.05) is 6.54 Å². The molecular weight excluding hydrogens is 272 g/mol. The molecule has 21 heavy (non-hydrogen) atoms. The minimum Gasteiger partial charge on any atom is -0.345 e. The molecule has 0 heterocycles. The van der Waals surface area contributed by atoms with Gasteiger partial charge in [0.2, 0.25) is 0 Å². The molecule has 0 fully saturated rings. The molecule has 0 unspecified atom stereocenters. The van der Waals surface area contributed by atoms with Crippen LogP contribution in [0.1, 0.15) is 11.1 Å². The van der Waals surface area contributed by atoms with E-state index in [1.54, 1.807) is 0 Å². The first-order chi connectivity index (χ1) is 10.1. The van der Waals surface area contributed by atoms with Crippen LogP contribution in [0.4, 0.5) is 8.78 Å². The molecule has 4 heteroatoms. The lowest BCUT2D eigenvalue weighted by molar-refractivity contribution is -0.115. The summed E-state index contributed by atoms with van der Waals surface area (Å²) in [6.07, 6.45) is 0.694. The van der Waals surface area contributed by atoms with Crippen molar-refractivity contribution in [2.24, 2.45) is 0 Å². The van der Waals surface area contributed by atoms with Crippen molar-refractivity contribution in [3.8, 4) is 11.8 Å². The second-order valence-corrected chi connectivity index (χ2v) is 4.37. The first kappa shape index (κ1) is 14.7. The molecule has 1 N–H and O–H groups in total. The molecule has 0 bridgehead atoms. The molecule has 2 nitrogen and oxygen atoms in total. The van der Waals surface area contributed by atoms with Gasteiger partial charge in [-0.1, -0.05) is 36.3 Å². The zero-order valence-electron chi connectivity index (χ0n) is 11.2. The highest BCUT2D eigenvalue weighted by atomic mass is 19.1. The van der Waals surface area contributed by atoms with Crippen molar-refractivity contribution in [1.82, 2.24) is 5.32 Å². The number of carbonyl (C=O) groups excluding carboxylic acids is 1. The summed E-state index contributed by atoms with van der Waals surface area (Å²) in [5, 5.41) is 2.62. The monoisotopic (exact) mass is 285 g/mol. The van der Waals surface area contributed by atoms with E-state index < -0.39 is 17.5 Å². The standard InChI is InChI=1S/C17H13F2NO/c18-15-8-6-14(16(19)12-15)7-9-17(21)20-11-10-13-4-2-1-3-5-13/h1-6,8,12H,10-11H2,(H,20,21). The Morgan fingerprint density at radius 3 is 2.57 bits per heavy atom. The third-order valence-corrected chi connectivity index (χ3v) is 2.78. The van der Waals surface area contributed by atoms with Crippen molar-refractivity contribution in [1.29, 1.82) is 0 Å². The van der Waals surface area contributed by atoms with Crippen LogP contribution in [0.15, 0.2) is 48.5 Å². The highest BCUT2D eigenvalue weighted by molar-refractivity contribution is 5.94. The summed E-state index contributed by atoms with van der Waals surface area (Å²) < 4.78 is 26.0. The number of hydrogen-bond donors (Lipinski definition) is 1. The van der Waals surface area contributed by atoms with E-state index in [1.807, 2.05) is 30.3 Å². The number of amides is 1. The quantitative estimate of drug-likeness (QED) is 0.863. The highest BCUT2D eigenvalue weighted by Crippen LogP contribution is 2.07. The molecule has 0 saturated carbocycles. The van der Waals surface area contributed by atoms with Gasteiger partial charge in [0.05, 0.1) is 5.56 Å². The molecule has 0 aliphatic carbocycles. The lowest BCUT2D eigenvalue weighted by atomic mass is 10.1. The molecule has 1 amide bonds. The van der Waals surface area contributed by atoms with Crippen LogP contribution in [-0.4, -0.2) is 12.5 Å². The molecular formula is C17H13F2NO. The second kappa shape index (κ2) is 7.20. The van der Waals surface area contributed by atoms with Crippen LogP contribution in [0, 0.1) is 23.5 Å². The van der Waals surface area contributed by atoms with Gasteiger partial charge in [0, 0.05) is 18.5 Å². The van der Waals surface area contributed by atoms with Crippen molar-refractivity contribution >= 4 is 5.91 Å². The van der Waals surface area contributed by atoms with E-state index in [2.05, 4.69) is 17.2 Å². The fourth-order valence-corrected chi connectivity index (χ4v) is 1.72. The highest BCUT2D eigenvalue weighted by Gasteiger charge is 2.01. The first-order valence-electron chi connectivity index (χ1n) is 6.44. The smallest absolute Gasteiger partial charge is 0.296 e. The third-order valence-electron chi connectivity index (χ3n) is 2.78. The maximum absolute atomic E-state index is 13.3. The van der Waals surface area contributed by atoms with Crippen molar-refractivity contribution < 1.29 is 13.6 Å². The largest absolute Gasteiger partial charge is 0.345 e. The summed E-state index contributed by atoms with van der Waals surface area (Å²) in [6, 6.07) is 12.7. The zero-order valence-corrected chi connectivity index (χ0v) is 11.2. The van der Waals surface area contributed by atoms with Crippen molar-refractivity contribution in [3.05, 3.63) is 71.3 Å². The van der Waals surface area contributed by atoms with Crippen LogP contribution in [0.3, 0.4) is 0 Å². The van der Waals surface area contributed by atoms with Gasteiger partial charge in [0.25, 0.3) is 5.91 Å². The summed E-state index contributed by atoms with van der Waals surface area (Å²) in [6.45, 7) is 0.448. The number of halogens is 2. The average molecular weight is 285 g/mol. The van der Waals surface area contributed by atoms with Gasteiger partial charge in [-0.2, -0.15) is 0 Å². The SMILES string of the molecule is O=C(C#Cc1ccc(F)cc1F)NCCc1ccccc1. The number of nitrogens with one attached hydrogen (secondary N) is 1. The van der Waals surface area contributed by atoms with Crippen molar-refractivity contribution in [3.63, 3.8) is 0 Å². The van der Waals surface area contributed by atoms with Gasteiger partial charge in [-0.3, -0.25) is 4.79 Å². The number of benzene rings is 2. The Morgan fingerprint density at radius 1 is 1.10 bits per heavy atom. The summed E-state index contributed by atoms with van der Waals surface area (Å²) in [4.78, 5) is 11.5. The predicted molar refractivity (Wildman–Crippen MR) is 76.4 cm³/mol. The number of hydrogen-bond acceptors (Lipinski definition) is 1. The Bertz CT molecular complexity index is 687. The van der Waals surface area contributed by atoms with Gasteiger partial charge in [-0.15, -0.1) is 0 Å². The molecule has 0 radical (unpaired) electrons. The van der Waals surface area contributed by atoms with Crippen LogP contribution >= 0.6 is 0 Å². The van der Waals surface area contributed by atoms with E-state index in [0.29, 0.717) is 13.0 Å². The molecule has 106 valence electrons. The Hall–Kier alpha value is -2.67. The number of carbonyl (C=O) groups is 1. The topological polar surface area (TPSA) is 29.1 Å². The summed E-state index contributed by atoms with van der Waals surface area (Å²) in [5.74, 6) is 2.72. The van der Waals surface area contributed by atoms with Gasteiger partial charge in [0.15, 0.2) is 0 Å². The lowest BCUT2D eigenvalue weighted by Crippen LogP contribution is -2.24. The lowest BCUT2D eigenvalue weighted by Gasteiger charge is -2.01. The number of rotatable bonds is 3. The Balaban J connectivity index is 1.86. The molecule has 0 aliphatic heterocycles. The first-order valence-corrected chi connectivity index (χ1v) is 6.44. The molecule has 0 saturated heterocycles. The molecule has 2 aromatic rings. The Kier molecular flexibility index (Phi) is 5.05. The minimum absolute atomic E-state index is 0.00499. The maximum atomic E-state index is 13.3. The van der Waals surface area contributed by atoms with Gasteiger partial charge in [-0.25, -0.2) is 8.78 Å². The molecule has 0 spiro atoms. The van der Waals surface area contributed by atoms with Crippen LogP contribution < -0.4 is 5.32 Å². The Morgan fingerprint density at radius 2 is 1.86 bits per heavy atom. The predicted octanol–water partition coefficient (Wildman–Crippen LogP) is 2.68. The molecule has 2 aromatic carbocycles. The van der Waals surface area contributed by atoms with E-state index in [0.717, 1.165) is 17.7 Å². The Labute approximate surface area is 121 Å². The van der Waals surface area contributed by atoms with Crippen LogP contribution in [0.5, 0.6) is 0 Å². The fraction of sp³-hybridized carbons (Fsp3) is 0.118. The van der Waals surface area contributed by atoms with E-state index in [1.165, 1.54) is 6.07 Å². The zero-order chi connectivity index (χ0) is 15.1. The van der Waals surface area contributed by atoms with Gasteiger partial charge < -0.3 is 5.32 Å². The van der Waals surface area contributed by atoms with Gasteiger partial charge >= 0.3 is 0 Å². The average Bonchev–Trinajstić information content (AvgIpc) is 2.47. The van der Waals surface area contributed by atoms with Crippen LogP contribution in [0.2, 0.25) is 0 Å². The van der Waals surface area contributed by atoms with E-state index in [9.17, 15) is 13.6 Å². The van der Waals surface area contributed by atoms with Crippen molar-refractivity contribution in [2.45, 2.75) is 6.42 Å². The minimum atomic E-state index is -0.778. The molecule has 0 atom stereocenters. The molecule has 0 aliphatic rings. The third kappa shape index (κ3) is 4.73. The van der Waals surface area contributed by atoms with E-state index >= 15 is 0 Å². The fourth-order valence-electron chi connectivity index (χ4n) is 1.72. The van der Waals surface area contributed by atoms with E-state index in [4.69, 9.17) is 0 Å². The summed E-state index contributed by atoms with van der Waals surface area (Å²) in [7, 11) is 0. The van der Waals surface area contributed by atoms with Gasteiger partial charge in [0.1, 0.15) is 11.6 Å². The normalized spacial score (nSPS) is 9.62. The maximum Gasteiger partial charge on any atom is 0.296 e.